The van der Waals surface area contributed by atoms with Gasteiger partial charge in [-0.2, -0.15) is 0 Å². The van der Waals surface area contributed by atoms with Gasteiger partial charge in [-0.05, 0) is 0 Å². The van der Waals surface area contributed by atoms with E-state index in [4.69, 9.17) is 14.2 Å². The molecule has 3 nitrogen and oxygen atoms in total. The summed E-state index contributed by atoms with van der Waals surface area (Å²) in [5, 5.41) is 0. The van der Waals surface area contributed by atoms with Crippen molar-refractivity contribution in [2.75, 3.05) is 19.8 Å². The summed E-state index contributed by atoms with van der Waals surface area (Å²) in [6.45, 7) is 8.71. The molecule has 1 fully saturated rings. The van der Waals surface area contributed by atoms with Crippen molar-refractivity contribution in [3.05, 3.63) is 25.7 Å². The van der Waals surface area contributed by atoms with E-state index in [1.54, 1.807) is 0 Å². The summed E-state index contributed by atoms with van der Waals surface area (Å²) in [4.78, 5) is 0. The van der Waals surface area contributed by atoms with Gasteiger partial charge in [0.2, 0.25) is 0 Å². The maximum absolute atomic E-state index is 5.38. The molecule has 0 aliphatic carbocycles. The second-order valence-electron chi connectivity index (χ2n) is 2.74. The minimum absolute atomic E-state index is 0.262. The minimum Gasteiger partial charge on any atom is -0.499 e. The Morgan fingerprint density at radius 2 is 1.75 bits per heavy atom. The van der Waals surface area contributed by atoms with E-state index in [-0.39, 0.29) is 5.60 Å². The molecular weight excluding hydrogens is 156 g/mol. The maximum atomic E-state index is 5.38. The van der Waals surface area contributed by atoms with Crippen molar-refractivity contribution in [2.45, 2.75) is 12.0 Å². The highest BCUT2D eigenvalue weighted by Gasteiger charge is 2.39. The largest absolute Gasteiger partial charge is 0.499 e. The van der Waals surface area contributed by atoms with E-state index in [0.29, 0.717) is 13.2 Å². The van der Waals surface area contributed by atoms with E-state index in [9.17, 15) is 0 Å². The van der Waals surface area contributed by atoms with Gasteiger partial charge >= 0.3 is 0 Å². The monoisotopic (exact) mass is 170 g/mol. The first-order valence-electron chi connectivity index (χ1n) is 3.92. The zero-order valence-corrected chi connectivity index (χ0v) is 7.12. The van der Waals surface area contributed by atoms with Gasteiger partial charge in [0.1, 0.15) is 18.8 Å². The highest BCUT2D eigenvalue weighted by Crippen LogP contribution is 2.27. The molecule has 1 aliphatic heterocycles. The third-order valence-corrected chi connectivity index (χ3v) is 1.89. The Bertz CT molecular complexity index is 147. The Labute approximate surface area is 72.6 Å². The van der Waals surface area contributed by atoms with E-state index < -0.39 is 0 Å². The van der Waals surface area contributed by atoms with E-state index in [1.165, 1.54) is 12.5 Å². The lowest BCUT2D eigenvalue weighted by Gasteiger charge is -2.40. The van der Waals surface area contributed by atoms with Gasteiger partial charge in [0.25, 0.3) is 0 Å². The third kappa shape index (κ3) is 2.01. The van der Waals surface area contributed by atoms with Crippen LogP contribution in [0.5, 0.6) is 0 Å². The average Bonchev–Trinajstić information content (AvgIpc) is 2.02. The molecule has 0 amide bonds. The number of rotatable bonds is 6. The summed E-state index contributed by atoms with van der Waals surface area (Å²) in [5.74, 6) is 0. The Morgan fingerprint density at radius 3 is 2.00 bits per heavy atom. The molecule has 0 atom stereocenters. The van der Waals surface area contributed by atoms with Crippen molar-refractivity contribution in [3.63, 3.8) is 0 Å². The minimum atomic E-state index is -0.262. The number of hydrogen-bond donors (Lipinski definition) is 0. The highest BCUT2D eigenvalue weighted by atomic mass is 16.6. The average molecular weight is 170 g/mol. The summed E-state index contributed by atoms with van der Waals surface area (Å²) in [5.41, 5.74) is -0.262. The molecule has 0 spiro atoms. The lowest BCUT2D eigenvalue weighted by molar-refractivity contribution is -0.192. The van der Waals surface area contributed by atoms with E-state index in [0.717, 1.165) is 13.0 Å². The molecule has 0 aromatic rings. The van der Waals surface area contributed by atoms with E-state index in [1.807, 2.05) is 0 Å². The highest BCUT2D eigenvalue weighted by molar-refractivity contribution is 4.88. The van der Waals surface area contributed by atoms with Crippen LogP contribution in [-0.4, -0.2) is 25.4 Å². The predicted molar refractivity (Wildman–Crippen MR) is 45.6 cm³/mol. The van der Waals surface area contributed by atoms with Crippen LogP contribution in [0.25, 0.3) is 0 Å². The molecule has 3 heteroatoms. The molecular formula is C9H14O3. The second kappa shape index (κ2) is 4.16. The Hall–Kier alpha value is -0.960. The van der Waals surface area contributed by atoms with Crippen LogP contribution in [-0.2, 0) is 14.2 Å². The fraction of sp³-hybridized carbons (Fsp3) is 0.556. The second-order valence-corrected chi connectivity index (χ2v) is 2.74. The summed E-state index contributed by atoms with van der Waals surface area (Å²) < 4.78 is 15.5. The molecule has 0 aromatic carbocycles. The van der Waals surface area contributed by atoms with Crippen molar-refractivity contribution < 1.29 is 14.2 Å². The summed E-state index contributed by atoms with van der Waals surface area (Å²) in [6, 6.07) is 0. The fourth-order valence-corrected chi connectivity index (χ4v) is 1.08. The first-order chi connectivity index (χ1) is 5.83. The summed E-state index contributed by atoms with van der Waals surface area (Å²) in [6.07, 6.45) is 3.80. The smallest absolute Gasteiger partial charge is 0.138 e. The summed E-state index contributed by atoms with van der Waals surface area (Å²) in [7, 11) is 0. The molecule has 0 bridgehead atoms. The fourth-order valence-electron chi connectivity index (χ4n) is 1.08. The Morgan fingerprint density at radius 1 is 1.25 bits per heavy atom. The maximum Gasteiger partial charge on any atom is 0.138 e. The topological polar surface area (TPSA) is 27.7 Å². The van der Waals surface area contributed by atoms with E-state index >= 15 is 0 Å². The van der Waals surface area contributed by atoms with Gasteiger partial charge < -0.3 is 14.2 Å². The van der Waals surface area contributed by atoms with Gasteiger partial charge in [-0.3, -0.25) is 0 Å². The summed E-state index contributed by atoms with van der Waals surface area (Å²) >= 11 is 0. The predicted octanol–water partition coefficient (Wildman–Crippen LogP) is 1.47. The molecule has 68 valence electrons. The van der Waals surface area contributed by atoms with Crippen LogP contribution >= 0.6 is 0 Å². The normalized spacial score (nSPS) is 19.0. The van der Waals surface area contributed by atoms with Crippen molar-refractivity contribution in [2.24, 2.45) is 0 Å². The van der Waals surface area contributed by atoms with Gasteiger partial charge in [0, 0.05) is 6.42 Å². The molecule has 0 unspecified atom stereocenters. The molecule has 0 N–H and O–H groups in total. The first-order valence-corrected chi connectivity index (χ1v) is 3.92. The van der Waals surface area contributed by atoms with Gasteiger partial charge in [0.05, 0.1) is 19.1 Å². The van der Waals surface area contributed by atoms with Crippen LogP contribution in [0, 0.1) is 0 Å². The molecule has 1 saturated heterocycles. The molecule has 1 aliphatic rings. The zero-order chi connectivity index (χ0) is 8.86. The molecule has 0 radical (unpaired) electrons. The van der Waals surface area contributed by atoms with Gasteiger partial charge in [-0.25, -0.2) is 0 Å². The van der Waals surface area contributed by atoms with Gasteiger partial charge in [-0.15, -0.1) is 0 Å². The third-order valence-electron chi connectivity index (χ3n) is 1.89. The van der Waals surface area contributed by atoms with Crippen LogP contribution in [0.4, 0.5) is 0 Å². The first kappa shape index (κ1) is 9.13. The number of ether oxygens (including phenoxy) is 3. The Balaban J connectivity index is 2.28. The van der Waals surface area contributed by atoms with Crippen LogP contribution < -0.4 is 0 Å². The van der Waals surface area contributed by atoms with E-state index in [2.05, 4.69) is 13.2 Å². The van der Waals surface area contributed by atoms with Crippen molar-refractivity contribution >= 4 is 0 Å². The van der Waals surface area contributed by atoms with Gasteiger partial charge in [-0.1, -0.05) is 13.2 Å². The van der Waals surface area contributed by atoms with Crippen LogP contribution in [0.15, 0.2) is 25.7 Å². The number of hydrogen-bond acceptors (Lipinski definition) is 3. The zero-order valence-electron chi connectivity index (χ0n) is 7.12. The van der Waals surface area contributed by atoms with Crippen LogP contribution in [0.1, 0.15) is 6.42 Å². The molecule has 1 rings (SSSR count). The van der Waals surface area contributed by atoms with Crippen molar-refractivity contribution in [3.8, 4) is 0 Å². The van der Waals surface area contributed by atoms with Crippen LogP contribution in [0.2, 0.25) is 0 Å². The molecule has 1 heterocycles. The molecule has 0 saturated carbocycles. The Kier molecular flexibility index (Phi) is 3.17. The lowest BCUT2D eigenvalue weighted by Crippen LogP contribution is -2.50. The van der Waals surface area contributed by atoms with Gasteiger partial charge in [0.15, 0.2) is 0 Å². The molecule has 0 aromatic heterocycles. The quantitative estimate of drug-likeness (QED) is 0.565. The van der Waals surface area contributed by atoms with Crippen LogP contribution in [0.3, 0.4) is 0 Å². The van der Waals surface area contributed by atoms with Crippen molar-refractivity contribution in [1.82, 2.24) is 0 Å². The molecule has 12 heavy (non-hydrogen) atoms. The lowest BCUT2D eigenvalue weighted by atomic mass is 9.97. The van der Waals surface area contributed by atoms with Crippen molar-refractivity contribution in [1.29, 1.82) is 0 Å². The standard InChI is InChI=1S/C9H14O3/c1-3-10-7-9(5-6-12-9)8-11-4-2/h3-4H,1-2,5-8H2. The SMILES string of the molecule is C=COCC1(COC=C)CCO1.